The van der Waals surface area contributed by atoms with Crippen molar-refractivity contribution >= 4 is 23.2 Å². The minimum absolute atomic E-state index is 0.0631. The summed E-state index contributed by atoms with van der Waals surface area (Å²) < 4.78 is 0. The van der Waals surface area contributed by atoms with Gasteiger partial charge in [-0.1, -0.05) is 0 Å². The Morgan fingerprint density at radius 1 is 1.29 bits per heavy atom. The molecule has 2 amide bonds. The standard InChI is InChI=1S/C16H23N3O2/c1-11(2)19-10-12(9-15(19)20)16(21)17-13-5-7-14(8-6-13)18(3)4/h5-8,11-12H,9-10H2,1-4H3,(H,17,21)/t12-/m0/s1. The molecule has 1 saturated heterocycles. The van der Waals surface area contributed by atoms with Crippen molar-refractivity contribution in [2.75, 3.05) is 30.9 Å². The van der Waals surface area contributed by atoms with Gasteiger partial charge in [-0.2, -0.15) is 0 Å². The van der Waals surface area contributed by atoms with Crippen molar-refractivity contribution in [1.29, 1.82) is 0 Å². The Bertz CT molecular complexity index is 523. The minimum atomic E-state index is -0.256. The molecule has 114 valence electrons. The average Bonchev–Trinajstić information content (AvgIpc) is 2.81. The van der Waals surface area contributed by atoms with Crippen LogP contribution in [0.5, 0.6) is 0 Å². The highest BCUT2D eigenvalue weighted by Crippen LogP contribution is 2.22. The first kappa shape index (κ1) is 15.4. The lowest BCUT2D eigenvalue weighted by molar-refractivity contribution is -0.129. The molecular formula is C16H23N3O2. The third-order valence-electron chi connectivity index (χ3n) is 3.80. The molecule has 21 heavy (non-hydrogen) atoms. The number of amides is 2. The summed E-state index contributed by atoms with van der Waals surface area (Å²) in [7, 11) is 3.94. The van der Waals surface area contributed by atoms with Crippen molar-refractivity contribution < 1.29 is 9.59 Å². The summed E-state index contributed by atoms with van der Waals surface area (Å²) in [4.78, 5) is 27.9. The van der Waals surface area contributed by atoms with E-state index in [-0.39, 0.29) is 23.8 Å². The van der Waals surface area contributed by atoms with Crippen molar-refractivity contribution in [1.82, 2.24) is 4.90 Å². The quantitative estimate of drug-likeness (QED) is 0.921. The van der Waals surface area contributed by atoms with Crippen LogP contribution in [0.1, 0.15) is 20.3 Å². The summed E-state index contributed by atoms with van der Waals surface area (Å²) in [5.41, 5.74) is 1.84. The topological polar surface area (TPSA) is 52.7 Å². The zero-order valence-corrected chi connectivity index (χ0v) is 13.1. The van der Waals surface area contributed by atoms with E-state index in [1.54, 1.807) is 4.90 Å². The Balaban J connectivity index is 1.97. The second kappa shape index (κ2) is 6.16. The predicted octanol–water partition coefficient (Wildman–Crippen LogP) is 1.95. The van der Waals surface area contributed by atoms with E-state index in [0.717, 1.165) is 11.4 Å². The van der Waals surface area contributed by atoms with Crippen LogP contribution >= 0.6 is 0 Å². The van der Waals surface area contributed by atoms with Gasteiger partial charge in [-0.25, -0.2) is 0 Å². The van der Waals surface area contributed by atoms with E-state index in [4.69, 9.17) is 0 Å². The van der Waals surface area contributed by atoms with Gasteiger partial charge in [-0.15, -0.1) is 0 Å². The SMILES string of the molecule is CC(C)N1C[C@@H](C(=O)Nc2ccc(N(C)C)cc2)CC1=O. The fraction of sp³-hybridized carbons (Fsp3) is 0.500. The molecule has 0 radical (unpaired) electrons. The first-order chi connectivity index (χ1) is 9.88. The lowest BCUT2D eigenvalue weighted by atomic mass is 10.1. The molecule has 1 aliphatic rings. The van der Waals surface area contributed by atoms with Gasteiger partial charge in [0, 0.05) is 44.5 Å². The Labute approximate surface area is 125 Å². The number of hydrogen-bond donors (Lipinski definition) is 1. The summed E-state index contributed by atoms with van der Waals surface area (Å²) in [5.74, 6) is -0.273. The second-order valence-electron chi connectivity index (χ2n) is 5.97. The number of carbonyl (C=O) groups excluding carboxylic acids is 2. The Kier molecular flexibility index (Phi) is 4.50. The molecule has 1 aromatic rings. The van der Waals surface area contributed by atoms with Crippen LogP contribution in [0, 0.1) is 5.92 Å². The van der Waals surface area contributed by atoms with Crippen LogP contribution in [0.3, 0.4) is 0 Å². The Morgan fingerprint density at radius 2 is 1.90 bits per heavy atom. The van der Waals surface area contributed by atoms with Crippen molar-refractivity contribution in [3.8, 4) is 0 Å². The van der Waals surface area contributed by atoms with E-state index in [1.165, 1.54) is 0 Å². The summed E-state index contributed by atoms with van der Waals surface area (Å²) >= 11 is 0. The van der Waals surface area contributed by atoms with E-state index >= 15 is 0 Å². The van der Waals surface area contributed by atoms with Gasteiger partial charge in [0.15, 0.2) is 0 Å². The van der Waals surface area contributed by atoms with Gasteiger partial charge >= 0.3 is 0 Å². The molecule has 2 rings (SSSR count). The zero-order valence-electron chi connectivity index (χ0n) is 13.1. The van der Waals surface area contributed by atoms with E-state index in [0.29, 0.717) is 13.0 Å². The lowest BCUT2D eigenvalue weighted by Gasteiger charge is -2.20. The van der Waals surface area contributed by atoms with Crippen LogP contribution in [-0.2, 0) is 9.59 Å². The van der Waals surface area contributed by atoms with Crippen LogP contribution in [0.15, 0.2) is 24.3 Å². The van der Waals surface area contributed by atoms with Gasteiger partial charge < -0.3 is 15.1 Å². The van der Waals surface area contributed by atoms with Crippen molar-refractivity contribution in [2.45, 2.75) is 26.3 Å². The lowest BCUT2D eigenvalue weighted by Crippen LogP contribution is -2.33. The van der Waals surface area contributed by atoms with Crippen LogP contribution in [0.25, 0.3) is 0 Å². The van der Waals surface area contributed by atoms with Gasteiger partial charge in [0.05, 0.1) is 5.92 Å². The molecule has 5 nitrogen and oxygen atoms in total. The number of nitrogens with zero attached hydrogens (tertiary/aromatic N) is 2. The molecule has 0 saturated carbocycles. The number of rotatable bonds is 4. The highest BCUT2D eigenvalue weighted by atomic mass is 16.2. The maximum atomic E-state index is 12.2. The summed E-state index contributed by atoms with van der Waals surface area (Å²) in [5, 5.41) is 2.89. The first-order valence-electron chi connectivity index (χ1n) is 7.26. The molecular weight excluding hydrogens is 266 g/mol. The van der Waals surface area contributed by atoms with E-state index < -0.39 is 0 Å². The Hall–Kier alpha value is -2.04. The van der Waals surface area contributed by atoms with Crippen LogP contribution in [-0.4, -0.2) is 43.4 Å². The normalized spacial score (nSPS) is 18.2. The summed E-state index contributed by atoms with van der Waals surface area (Å²) in [6.45, 7) is 4.45. The maximum absolute atomic E-state index is 12.2. The van der Waals surface area contributed by atoms with Gasteiger partial charge in [0.25, 0.3) is 0 Å². The van der Waals surface area contributed by atoms with Gasteiger partial charge in [0.1, 0.15) is 0 Å². The third-order valence-corrected chi connectivity index (χ3v) is 3.80. The number of benzene rings is 1. The minimum Gasteiger partial charge on any atom is -0.378 e. The highest BCUT2D eigenvalue weighted by Gasteiger charge is 2.35. The average molecular weight is 289 g/mol. The summed E-state index contributed by atoms with van der Waals surface area (Å²) in [6.07, 6.45) is 0.305. The number of likely N-dealkylation sites (tertiary alicyclic amines) is 1. The highest BCUT2D eigenvalue weighted by molar-refractivity contribution is 5.97. The predicted molar refractivity (Wildman–Crippen MR) is 84.4 cm³/mol. The fourth-order valence-electron chi connectivity index (χ4n) is 2.49. The molecule has 0 aliphatic carbocycles. The number of anilines is 2. The summed E-state index contributed by atoms with van der Waals surface area (Å²) in [6, 6.07) is 7.81. The monoisotopic (exact) mass is 289 g/mol. The number of hydrogen-bond acceptors (Lipinski definition) is 3. The van der Waals surface area contributed by atoms with Gasteiger partial charge in [-0.3, -0.25) is 9.59 Å². The second-order valence-corrected chi connectivity index (χ2v) is 5.97. The molecule has 5 heteroatoms. The molecule has 0 spiro atoms. The molecule has 1 aliphatic heterocycles. The maximum Gasteiger partial charge on any atom is 0.229 e. The van der Waals surface area contributed by atoms with Crippen molar-refractivity contribution in [3.63, 3.8) is 0 Å². The van der Waals surface area contributed by atoms with Gasteiger partial charge in [0.2, 0.25) is 11.8 Å². The van der Waals surface area contributed by atoms with Crippen molar-refractivity contribution in [3.05, 3.63) is 24.3 Å². The van der Waals surface area contributed by atoms with E-state index in [2.05, 4.69) is 5.32 Å². The molecule has 1 N–H and O–H groups in total. The van der Waals surface area contributed by atoms with Crippen LogP contribution in [0.4, 0.5) is 11.4 Å². The smallest absolute Gasteiger partial charge is 0.229 e. The van der Waals surface area contributed by atoms with Crippen LogP contribution in [0.2, 0.25) is 0 Å². The largest absolute Gasteiger partial charge is 0.378 e. The first-order valence-corrected chi connectivity index (χ1v) is 7.26. The molecule has 0 aromatic heterocycles. The molecule has 1 atom stereocenters. The molecule has 1 fully saturated rings. The van der Waals surface area contributed by atoms with E-state index in [1.807, 2.05) is 57.1 Å². The molecule has 0 unspecified atom stereocenters. The zero-order chi connectivity index (χ0) is 15.6. The molecule has 1 heterocycles. The van der Waals surface area contributed by atoms with Crippen molar-refractivity contribution in [2.24, 2.45) is 5.92 Å². The van der Waals surface area contributed by atoms with E-state index in [9.17, 15) is 9.59 Å². The van der Waals surface area contributed by atoms with Gasteiger partial charge in [-0.05, 0) is 38.1 Å². The number of carbonyl (C=O) groups is 2. The van der Waals surface area contributed by atoms with Crippen LogP contribution < -0.4 is 10.2 Å². The molecule has 1 aromatic carbocycles. The Morgan fingerprint density at radius 3 is 2.38 bits per heavy atom. The molecule has 0 bridgehead atoms. The third kappa shape index (κ3) is 3.54. The number of nitrogens with one attached hydrogen (secondary N) is 1. The fourth-order valence-corrected chi connectivity index (χ4v) is 2.49.